The predicted octanol–water partition coefficient (Wildman–Crippen LogP) is 1.91. The third kappa shape index (κ3) is 2.97. The third-order valence-corrected chi connectivity index (χ3v) is 3.31. The zero-order valence-corrected chi connectivity index (χ0v) is 12.1. The minimum absolute atomic E-state index is 0.0705. The fraction of sp³-hybridized carbons (Fsp3) is 0.0909. The zero-order chi connectivity index (χ0) is 14.9. The minimum Gasteiger partial charge on any atom is -0.294 e. The molecule has 2 rings (SSSR count). The molecule has 1 heterocycles. The smallest absolute Gasteiger partial charge is 0.294 e. The Morgan fingerprint density at radius 1 is 1.40 bits per heavy atom. The molecule has 0 aliphatic carbocycles. The first-order chi connectivity index (χ1) is 9.38. The van der Waals surface area contributed by atoms with Gasteiger partial charge in [-0.05, 0) is 12.1 Å². The Hall–Kier alpha value is -1.93. The van der Waals surface area contributed by atoms with Gasteiger partial charge < -0.3 is 0 Å². The molecule has 0 atom stereocenters. The van der Waals surface area contributed by atoms with Crippen molar-refractivity contribution < 1.29 is 4.92 Å². The molecule has 0 saturated heterocycles. The van der Waals surface area contributed by atoms with Crippen molar-refractivity contribution in [2.24, 2.45) is 0 Å². The highest BCUT2D eigenvalue weighted by Gasteiger charge is 2.15. The van der Waals surface area contributed by atoms with Gasteiger partial charge in [0.15, 0.2) is 0 Å². The van der Waals surface area contributed by atoms with Crippen LogP contribution in [0.25, 0.3) is 0 Å². The molecule has 7 nitrogen and oxygen atoms in total. The topological polar surface area (TPSA) is 98.0 Å². The van der Waals surface area contributed by atoms with E-state index in [1.807, 2.05) is 4.98 Å². The van der Waals surface area contributed by atoms with Crippen LogP contribution < -0.4 is 11.2 Å². The molecule has 1 aromatic carbocycles. The van der Waals surface area contributed by atoms with Crippen LogP contribution in [0.15, 0.2) is 38.5 Å². The molecule has 0 amide bonds. The van der Waals surface area contributed by atoms with Gasteiger partial charge in [-0.3, -0.25) is 24.5 Å². The summed E-state index contributed by atoms with van der Waals surface area (Å²) in [7, 11) is 0. The summed E-state index contributed by atoms with van der Waals surface area (Å²) in [5, 5.41) is 10.8. The number of halogens is 2. The van der Waals surface area contributed by atoms with E-state index in [1.54, 1.807) is 6.07 Å². The number of nitro groups is 1. The van der Waals surface area contributed by atoms with Gasteiger partial charge in [-0.2, -0.15) is 0 Å². The lowest BCUT2D eigenvalue weighted by atomic mass is 10.2. The Morgan fingerprint density at radius 3 is 2.75 bits per heavy atom. The SMILES string of the molecule is O=c1[nH]c(=O)n(Cc2ccc(Br)cc2[N+](=O)[O-])cc1Cl. The van der Waals surface area contributed by atoms with Crippen molar-refractivity contribution >= 4 is 33.2 Å². The van der Waals surface area contributed by atoms with Crippen LogP contribution in [-0.2, 0) is 6.54 Å². The molecule has 0 spiro atoms. The summed E-state index contributed by atoms with van der Waals surface area (Å²) in [6.07, 6.45) is 1.15. The van der Waals surface area contributed by atoms with Gasteiger partial charge in [0.1, 0.15) is 5.02 Å². The molecule has 0 radical (unpaired) electrons. The lowest BCUT2D eigenvalue weighted by Crippen LogP contribution is -2.30. The Bertz CT molecular complexity index is 799. The van der Waals surface area contributed by atoms with Crippen LogP contribution >= 0.6 is 27.5 Å². The van der Waals surface area contributed by atoms with Crippen LogP contribution in [0.2, 0.25) is 5.02 Å². The van der Waals surface area contributed by atoms with Crippen molar-refractivity contribution in [3.05, 3.63) is 70.4 Å². The summed E-state index contributed by atoms with van der Waals surface area (Å²) in [5.74, 6) is 0. The van der Waals surface area contributed by atoms with E-state index in [4.69, 9.17) is 11.6 Å². The Morgan fingerprint density at radius 2 is 2.10 bits per heavy atom. The van der Waals surface area contributed by atoms with Crippen LogP contribution in [0.5, 0.6) is 0 Å². The average Bonchev–Trinajstić information content (AvgIpc) is 2.37. The second kappa shape index (κ2) is 5.59. The molecule has 20 heavy (non-hydrogen) atoms. The van der Waals surface area contributed by atoms with Crippen LogP contribution in [0.1, 0.15) is 5.56 Å². The van der Waals surface area contributed by atoms with Crippen LogP contribution in [0, 0.1) is 10.1 Å². The highest BCUT2D eigenvalue weighted by Crippen LogP contribution is 2.24. The number of aromatic nitrogens is 2. The molecule has 0 aliphatic rings. The number of rotatable bonds is 3. The normalized spacial score (nSPS) is 10.5. The van der Waals surface area contributed by atoms with Crippen molar-refractivity contribution in [2.45, 2.75) is 6.54 Å². The number of H-pyrrole nitrogens is 1. The second-order valence-electron chi connectivity index (χ2n) is 3.89. The van der Waals surface area contributed by atoms with Gasteiger partial charge in [-0.15, -0.1) is 0 Å². The Balaban J connectivity index is 2.50. The van der Waals surface area contributed by atoms with E-state index < -0.39 is 16.2 Å². The highest BCUT2D eigenvalue weighted by molar-refractivity contribution is 9.10. The third-order valence-electron chi connectivity index (χ3n) is 2.55. The number of nitrogens with one attached hydrogen (secondary N) is 1. The first-order valence-corrected chi connectivity index (χ1v) is 6.47. The number of nitrogens with zero attached hydrogens (tertiary/aromatic N) is 2. The van der Waals surface area contributed by atoms with Gasteiger partial charge >= 0.3 is 5.69 Å². The average molecular weight is 361 g/mol. The van der Waals surface area contributed by atoms with Crippen molar-refractivity contribution in [3.63, 3.8) is 0 Å². The summed E-state index contributed by atoms with van der Waals surface area (Å²) >= 11 is 8.78. The summed E-state index contributed by atoms with van der Waals surface area (Å²) in [4.78, 5) is 35.2. The lowest BCUT2D eigenvalue weighted by Gasteiger charge is -2.06. The number of benzene rings is 1. The monoisotopic (exact) mass is 359 g/mol. The second-order valence-corrected chi connectivity index (χ2v) is 5.22. The lowest BCUT2D eigenvalue weighted by molar-refractivity contribution is -0.385. The molecule has 9 heteroatoms. The van der Waals surface area contributed by atoms with Gasteiger partial charge in [0.2, 0.25) is 0 Å². The van der Waals surface area contributed by atoms with Crippen molar-refractivity contribution in [1.82, 2.24) is 9.55 Å². The first-order valence-electron chi connectivity index (χ1n) is 5.30. The molecule has 1 aromatic heterocycles. The van der Waals surface area contributed by atoms with Crippen LogP contribution in [0.4, 0.5) is 5.69 Å². The highest BCUT2D eigenvalue weighted by atomic mass is 79.9. The van der Waals surface area contributed by atoms with Crippen LogP contribution in [-0.4, -0.2) is 14.5 Å². The largest absolute Gasteiger partial charge is 0.328 e. The number of aromatic amines is 1. The molecule has 0 unspecified atom stereocenters. The van der Waals surface area contributed by atoms with Crippen molar-refractivity contribution in [1.29, 1.82) is 0 Å². The summed E-state index contributed by atoms with van der Waals surface area (Å²) < 4.78 is 1.65. The van der Waals surface area contributed by atoms with Gasteiger partial charge in [0.05, 0.1) is 11.5 Å². The van der Waals surface area contributed by atoms with Gasteiger partial charge in [0, 0.05) is 22.3 Å². The van der Waals surface area contributed by atoms with Crippen LogP contribution in [0.3, 0.4) is 0 Å². The summed E-state index contributed by atoms with van der Waals surface area (Å²) in [6, 6.07) is 4.49. The van der Waals surface area contributed by atoms with Crippen molar-refractivity contribution in [2.75, 3.05) is 0 Å². The fourth-order valence-corrected chi connectivity index (χ4v) is 2.14. The van der Waals surface area contributed by atoms with Gasteiger partial charge in [-0.1, -0.05) is 27.5 Å². The number of hydrogen-bond donors (Lipinski definition) is 1. The molecule has 1 N–H and O–H groups in total. The maximum Gasteiger partial charge on any atom is 0.328 e. The quantitative estimate of drug-likeness (QED) is 0.667. The molecular formula is C11H7BrClN3O4. The maximum atomic E-state index is 11.6. The van der Waals surface area contributed by atoms with E-state index in [-0.39, 0.29) is 17.3 Å². The first kappa shape index (κ1) is 14.5. The molecule has 0 bridgehead atoms. The summed E-state index contributed by atoms with van der Waals surface area (Å²) in [6.45, 7) is -0.0705. The summed E-state index contributed by atoms with van der Waals surface area (Å²) in [5.41, 5.74) is -1.19. The molecule has 104 valence electrons. The molecule has 0 aliphatic heterocycles. The van der Waals surface area contributed by atoms with E-state index in [1.165, 1.54) is 12.1 Å². The molecule has 2 aromatic rings. The van der Waals surface area contributed by atoms with Gasteiger partial charge in [-0.25, -0.2) is 4.79 Å². The van der Waals surface area contributed by atoms with E-state index >= 15 is 0 Å². The molecule has 0 fully saturated rings. The van der Waals surface area contributed by atoms with E-state index in [2.05, 4.69) is 15.9 Å². The van der Waals surface area contributed by atoms with E-state index in [9.17, 15) is 19.7 Å². The fourth-order valence-electron chi connectivity index (χ4n) is 1.62. The van der Waals surface area contributed by atoms with E-state index in [0.717, 1.165) is 10.8 Å². The standard InChI is InChI=1S/C11H7BrClN3O4/c12-7-2-1-6(9(3-7)16(19)20)4-15-5-8(13)10(17)14-11(15)18/h1-3,5H,4H2,(H,14,17,18). The van der Waals surface area contributed by atoms with Gasteiger partial charge in [0.25, 0.3) is 11.2 Å². The Labute approximate surface area is 125 Å². The number of nitro benzene ring substituents is 1. The Kier molecular flexibility index (Phi) is 4.05. The van der Waals surface area contributed by atoms with E-state index in [0.29, 0.717) is 10.0 Å². The molecular weight excluding hydrogens is 353 g/mol. The maximum absolute atomic E-state index is 11.6. The predicted molar refractivity (Wildman–Crippen MR) is 76.2 cm³/mol. The zero-order valence-electron chi connectivity index (χ0n) is 9.80. The number of hydrogen-bond acceptors (Lipinski definition) is 4. The van der Waals surface area contributed by atoms with Crippen molar-refractivity contribution in [3.8, 4) is 0 Å². The minimum atomic E-state index is -0.696. The molecule has 0 saturated carbocycles.